The molecule has 3 aromatic carbocycles. The molecular weight excluding hydrogens is 477 g/mol. The number of rotatable bonds is 7. The summed E-state index contributed by atoms with van der Waals surface area (Å²) in [6.07, 6.45) is 0. The zero-order valence-electron chi connectivity index (χ0n) is 18.4. The van der Waals surface area contributed by atoms with E-state index in [2.05, 4.69) is 16.0 Å². The molecule has 7 nitrogen and oxygen atoms in total. The van der Waals surface area contributed by atoms with Gasteiger partial charge >= 0.3 is 12.0 Å². The zero-order valence-corrected chi connectivity index (χ0v) is 19.9. The van der Waals surface area contributed by atoms with Crippen molar-refractivity contribution in [3.8, 4) is 11.1 Å². The first-order chi connectivity index (χ1) is 16.1. The van der Waals surface area contributed by atoms with Crippen LogP contribution in [0.25, 0.3) is 11.1 Å². The lowest BCUT2D eigenvalue weighted by atomic mass is 10.0. The number of carboxylic acids is 1. The van der Waals surface area contributed by atoms with Gasteiger partial charge in [-0.2, -0.15) is 0 Å². The van der Waals surface area contributed by atoms with Crippen LogP contribution in [-0.2, 0) is 4.79 Å². The van der Waals surface area contributed by atoms with Gasteiger partial charge in [0.05, 0.1) is 0 Å². The predicted molar refractivity (Wildman–Crippen MR) is 135 cm³/mol. The number of carboxylic acid groups (broad SMARTS) is 1. The van der Waals surface area contributed by atoms with Crippen LogP contribution < -0.4 is 16.0 Å². The van der Waals surface area contributed by atoms with E-state index < -0.39 is 23.9 Å². The molecule has 0 radical (unpaired) electrons. The van der Waals surface area contributed by atoms with Crippen LogP contribution in [0.4, 0.5) is 16.2 Å². The van der Waals surface area contributed by atoms with Crippen LogP contribution in [0.3, 0.4) is 0 Å². The molecule has 1 atom stereocenters. The van der Waals surface area contributed by atoms with Gasteiger partial charge in [0.25, 0.3) is 5.91 Å². The Bertz CT molecular complexity index is 1180. The number of hydrogen-bond acceptors (Lipinski definition) is 3. The second-order valence-corrected chi connectivity index (χ2v) is 8.80. The molecule has 0 spiro atoms. The number of aliphatic carboxylic acids is 1. The van der Waals surface area contributed by atoms with Crippen molar-refractivity contribution in [2.24, 2.45) is 5.92 Å². The molecule has 34 heavy (non-hydrogen) atoms. The number of carbonyl (C=O) groups is 3. The largest absolute Gasteiger partial charge is 0.480 e. The van der Waals surface area contributed by atoms with Gasteiger partial charge in [-0.1, -0.05) is 61.3 Å². The first-order valence-electron chi connectivity index (χ1n) is 10.4. The zero-order chi connectivity index (χ0) is 24.8. The van der Waals surface area contributed by atoms with Crippen molar-refractivity contribution in [1.82, 2.24) is 5.32 Å². The molecular formula is C25H23Cl2N3O4. The Morgan fingerprint density at radius 2 is 1.26 bits per heavy atom. The van der Waals surface area contributed by atoms with Gasteiger partial charge in [-0.25, -0.2) is 9.59 Å². The molecule has 4 N–H and O–H groups in total. The monoisotopic (exact) mass is 499 g/mol. The van der Waals surface area contributed by atoms with Crippen LogP contribution in [0.5, 0.6) is 0 Å². The van der Waals surface area contributed by atoms with Crippen molar-refractivity contribution in [3.05, 3.63) is 82.3 Å². The number of halogens is 2. The van der Waals surface area contributed by atoms with E-state index in [1.165, 1.54) is 0 Å². The maximum absolute atomic E-state index is 12.4. The second kappa shape index (κ2) is 11.0. The number of amides is 3. The highest BCUT2D eigenvalue weighted by atomic mass is 35.5. The van der Waals surface area contributed by atoms with Crippen LogP contribution in [0.15, 0.2) is 66.7 Å². The highest BCUT2D eigenvalue weighted by Gasteiger charge is 2.23. The molecule has 0 aliphatic rings. The maximum Gasteiger partial charge on any atom is 0.326 e. The number of benzene rings is 3. The predicted octanol–water partition coefficient (Wildman–Crippen LogP) is 6.14. The third-order valence-corrected chi connectivity index (χ3v) is 5.40. The standard InChI is InChI=1S/C25H23Cl2N3O4/c1-14(2)22(24(32)33)30-23(31)17-5-3-15(4-6-17)16-7-9-20(10-8-16)28-25(34)29-21-12-18(26)11-19(27)13-21/h3-14,22H,1-2H3,(H,30,31)(H,32,33)(H2,28,29,34)/t22-/m1/s1. The molecule has 0 aliphatic heterocycles. The molecule has 0 unspecified atom stereocenters. The lowest BCUT2D eigenvalue weighted by Gasteiger charge is -2.18. The molecule has 3 aromatic rings. The summed E-state index contributed by atoms with van der Waals surface area (Å²) in [5.41, 5.74) is 3.16. The van der Waals surface area contributed by atoms with Crippen LogP contribution in [0.2, 0.25) is 10.0 Å². The van der Waals surface area contributed by atoms with Crippen LogP contribution >= 0.6 is 23.2 Å². The quantitative estimate of drug-likeness (QED) is 0.312. The SMILES string of the molecule is CC(C)[C@@H](NC(=O)c1ccc(-c2ccc(NC(=O)Nc3cc(Cl)cc(Cl)c3)cc2)cc1)C(=O)O. The molecule has 0 fully saturated rings. The number of hydrogen-bond donors (Lipinski definition) is 4. The summed E-state index contributed by atoms with van der Waals surface area (Å²) < 4.78 is 0. The van der Waals surface area contributed by atoms with Crippen molar-refractivity contribution < 1.29 is 19.5 Å². The smallest absolute Gasteiger partial charge is 0.326 e. The van der Waals surface area contributed by atoms with Crippen LogP contribution in [-0.4, -0.2) is 29.1 Å². The van der Waals surface area contributed by atoms with Crippen molar-refractivity contribution in [3.63, 3.8) is 0 Å². The molecule has 176 valence electrons. The molecule has 0 aliphatic carbocycles. The average molecular weight is 500 g/mol. The van der Waals surface area contributed by atoms with Gasteiger partial charge in [0, 0.05) is 27.0 Å². The Hall–Kier alpha value is -3.55. The summed E-state index contributed by atoms with van der Waals surface area (Å²) in [6, 6.07) is 17.3. The molecule has 0 aromatic heterocycles. The Balaban J connectivity index is 1.62. The summed E-state index contributed by atoms with van der Waals surface area (Å²) >= 11 is 11.9. The van der Waals surface area contributed by atoms with E-state index in [-0.39, 0.29) is 5.92 Å². The van der Waals surface area contributed by atoms with Gasteiger partial charge in [0.1, 0.15) is 6.04 Å². The minimum absolute atomic E-state index is 0.238. The second-order valence-electron chi connectivity index (χ2n) is 7.93. The number of nitrogens with one attached hydrogen (secondary N) is 3. The molecule has 3 rings (SSSR count). The Morgan fingerprint density at radius 3 is 1.76 bits per heavy atom. The van der Waals surface area contributed by atoms with Gasteiger partial charge in [-0.05, 0) is 59.5 Å². The Kier molecular flexibility index (Phi) is 8.15. The van der Waals surface area contributed by atoms with E-state index in [0.717, 1.165) is 11.1 Å². The topological polar surface area (TPSA) is 108 Å². The highest BCUT2D eigenvalue weighted by molar-refractivity contribution is 6.35. The van der Waals surface area contributed by atoms with E-state index in [0.29, 0.717) is 27.0 Å². The van der Waals surface area contributed by atoms with E-state index >= 15 is 0 Å². The lowest BCUT2D eigenvalue weighted by Crippen LogP contribution is -2.44. The van der Waals surface area contributed by atoms with E-state index in [9.17, 15) is 19.5 Å². The summed E-state index contributed by atoms with van der Waals surface area (Å²) in [5, 5.41) is 18.0. The van der Waals surface area contributed by atoms with Crippen molar-refractivity contribution in [2.75, 3.05) is 10.6 Å². The third-order valence-electron chi connectivity index (χ3n) is 4.96. The lowest BCUT2D eigenvalue weighted by molar-refractivity contribution is -0.140. The van der Waals surface area contributed by atoms with Gasteiger partial charge in [0.15, 0.2) is 0 Å². The molecule has 0 saturated carbocycles. The van der Waals surface area contributed by atoms with Gasteiger partial charge in [0.2, 0.25) is 0 Å². The maximum atomic E-state index is 12.4. The van der Waals surface area contributed by atoms with Gasteiger partial charge in [-0.15, -0.1) is 0 Å². The Morgan fingerprint density at radius 1 is 0.765 bits per heavy atom. The number of anilines is 2. The molecule has 9 heteroatoms. The van der Waals surface area contributed by atoms with Gasteiger partial charge < -0.3 is 21.1 Å². The van der Waals surface area contributed by atoms with Crippen LogP contribution in [0, 0.1) is 5.92 Å². The molecule has 0 bridgehead atoms. The van der Waals surface area contributed by atoms with Gasteiger partial charge in [-0.3, -0.25) is 4.79 Å². The van der Waals surface area contributed by atoms with Crippen LogP contribution in [0.1, 0.15) is 24.2 Å². The van der Waals surface area contributed by atoms with Crippen molar-refractivity contribution in [1.29, 1.82) is 0 Å². The fourth-order valence-corrected chi connectivity index (χ4v) is 3.74. The first-order valence-corrected chi connectivity index (χ1v) is 11.2. The minimum atomic E-state index is -1.07. The van der Waals surface area contributed by atoms with E-state index in [4.69, 9.17) is 23.2 Å². The summed E-state index contributed by atoms with van der Waals surface area (Å²) in [5.74, 6) is -1.75. The fraction of sp³-hybridized carbons (Fsp3) is 0.160. The van der Waals surface area contributed by atoms with E-state index in [1.807, 2.05) is 12.1 Å². The van der Waals surface area contributed by atoms with E-state index in [1.54, 1.807) is 68.4 Å². The first kappa shape index (κ1) is 25.1. The van der Waals surface area contributed by atoms with Crippen molar-refractivity contribution >= 4 is 52.5 Å². The number of urea groups is 1. The third kappa shape index (κ3) is 6.73. The average Bonchev–Trinajstić information content (AvgIpc) is 2.76. The van der Waals surface area contributed by atoms with Crippen molar-refractivity contribution in [2.45, 2.75) is 19.9 Å². The summed E-state index contributed by atoms with van der Waals surface area (Å²) in [4.78, 5) is 35.9. The molecule has 0 heterocycles. The molecule has 3 amide bonds. The highest BCUT2D eigenvalue weighted by Crippen LogP contribution is 2.24. The minimum Gasteiger partial charge on any atom is -0.480 e. The fourth-order valence-electron chi connectivity index (χ4n) is 3.22. The normalized spacial score (nSPS) is 11.6. The molecule has 0 saturated heterocycles. The summed E-state index contributed by atoms with van der Waals surface area (Å²) in [6.45, 7) is 3.47. The Labute approximate surface area is 207 Å². The summed E-state index contributed by atoms with van der Waals surface area (Å²) in [7, 11) is 0. The number of carbonyl (C=O) groups excluding carboxylic acids is 2.